The van der Waals surface area contributed by atoms with Gasteiger partial charge >= 0.3 is 6.09 Å². The summed E-state index contributed by atoms with van der Waals surface area (Å²) in [5.41, 5.74) is 3.07. The number of rotatable bonds is 3. The van der Waals surface area contributed by atoms with Gasteiger partial charge in [-0.15, -0.1) is 0 Å². The molecule has 6 nitrogen and oxygen atoms in total. The van der Waals surface area contributed by atoms with Crippen LogP contribution in [0.15, 0.2) is 30.3 Å². The monoisotopic (exact) mass is 341 g/mol. The van der Waals surface area contributed by atoms with E-state index in [1.165, 1.54) is 0 Å². The van der Waals surface area contributed by atoms with Gasteiger partial charge < -0.3 is 18.9 Å². The fourth-order valence-corrected chi connectivity index (χ4v) is 3.64. The molecule has 0 aliphatic carbocycles. The van der Waals surface area contributed by atoms with Gasteiger partial charge in [-0.2, -0.15) is 0 Å². The zero-order valence-electron chi connectivity index (χ0n) is 14.4. The molecule has 2 aromatic carbocycles. The van der Waals surface area contributed by atoms with Gasteiger partial charge in [0.1, 0.15) is 0 Å². The molecule has 0 spiro atoms. The molecule has 2 aromatic rings. The Morgan fingerprint density at radius 1 is 1.00 bits per heavy atom. The lowest BCUT2D eigenvalue weighted by atomic mass is 9.86. The minimum absolute atomic E-state index is 0.227. The highest BCUT2D eigenvalue weighted by Gasteiger charge is 2.40. The molecule has 2 heterocycles. The number of amides is 1. The van der Waals surface area contributed by atoms with Crippen molar-refractivity contribution in [3.05, 3.63) is 47.0 Å². The lowest BCUT2D eigenvalue weighted by molar-refractivity contribution is 0.120. The van der Waals surface area contributed by atoms with Crippen LogP contribution in [0.1, 0.15) is 22.7 Å². The quantitative estimate of drug-likeness (QED) is 0.858. The Labute approximate surface area is 145 Å². The second kappa shape index (κ2) is 5.88. The van der Waals surface area contributed by atoms with Crippen molar-refractivity contribution >= 4 is 6.09 Å². The number of nitrogens with zero attached hydrogens (tertiary/aromatic N) is 1. The first-order valence-electron chi connectivity index (χ1n) is 8.08. The molecule has 0 radical (unpaired) electrons. The van der Waals surface area contributed by atoms with E-state index >= 15 is 0 Å². The average Bonchev–Trinajstić information content (AvgIpc) is 2.65. The number of hydrogen-bond acceptors (Lipinski definition) is 5. The zero-order valence-corrected chi connectivity index (χ0v) is 14.4. The maximum Gasteiger partial charge on any atom is 0.416 e. The van der Waals surface area contributed by atoms with E-state index in [4.69, 9.17) is 18.9 Å². The number of para-hydroxylation sites is 1. The molecule has 2 aliphatic heterocycles. The van der Waals surface area contributed by atoms with E-state index in [1.54, 1.807) is 32.3 Å². The van der Waals surface area contributed by atoms with Crippen molar-refractivity contribution in [3.8, 4) is 23.0 Å². The summed E-state index contributed by atoms with van der Waals surface area (Å²) >= 11 is 0. The summed E-state index contributed by atoms with van der Waals surface area (Å²) in [5.74, 6) is 2.38. The standard InChI is InChI=1S/C19H19NO5/c1-22-14-6-4-5-12-17-13-10-16(24-3)15(23-2)9-11(13)7-8-20(17)19(21)25-18(12)14/h4-6,9-10,17H,7-8H2,1-3H3. The van der Waals surface area contributed by atoms with E-state index in [-0.39, 0.29) is 12.1 Å². The van der Waals surface area contributed by atoms with Crippen molar-refractivity contribution in [2.24, 2.45) is 0 Å². The van der Waals surface area contributed by atoms with Crippen molar-refractivity contribution in [2.45, 2.75) is 12.5 Å². The Kier molecular flexibility index (Phi) is 3.67. The molecule has 0 bridgehead atoms. The fraction of sp³-hybridized carbons (Fsp3) is 0.316. The second-order valence-electron chi connectivity index (χ2n) is 6.00. The highest BCUT2D eigenvalue weighted by atomic mass is 16.6. The van der Waals surface area contributed by atoms with Crippen LogP contribution in [0, 0.1) is 0 Å². The van der Waals surface area contributed by atoms with Gasteiger partial charge in [0, 0.05) is 12.1 Å². The first-order valence-corrected chi connectivity index (χ1v) is 8.08. The third kappa shape index (κ3) is 2.28. The van der Waals surface area contributed by atoms with Crippen molar-refractivity contribution in [2.75, 3.05) is 27.9 Å². The number of carbonyl (C=O) groups is 1. The summed E-state index contributed by atoms with van der Waals surface area (Å²) in [6, 6.07) is 9.38. The highest BCUT2D eigenvalue weighted by molar-refractivity contribution is 5.78. The Balaban J connectivity index is 1.93. The van der Waals surface area contributed by atoms with Gasteiger partial charge in [0.05, 0.1) is 27.4 Å². The van der Waals surface area contributed by atoms with Gasteiger partial charge in [0.2, 0.25) is 0 Å². The molecular weight excluding hydrogens is 322 g/mol. The summed E-state index contributed by atoms with van der Waals surface area (Å²) in [6.45, 7) is 0.586. The van der Waals surface area contributed by atoms with Crippen LogP contribution >= 0.6 is 0 Å². The molecule has 130 valence electrons. The first kappa shape index (κ1) is 15.6. The molecule has 1 atom stereocenters. The van der Waals surface area contributed by atoms with Crippen molar-refractivity contribution in [1.82, 2.24) is 4.90 Å². The predicted molar refractivity (Wildman–Crippen MR) is 90.8 cm³/mol. The Morgan fingerprint density at radius 2 is 1.72 bits per heavy atom. The number of fused-ring (bicyclic) bond motifs is 5. The number of carbonyl (C=O) groups excluding carboxylic acids is 1. The van der Waals surface area contributed by atoms with Gasteiger partial charge in [0.25, 0.3) is 0 Å². The van der Waals surface area contributed by atoms with Gasteiger partial charge in [-0.3, -0.25) is 4.90 Å². The number of hydrogen-bond donors (Lipinski definition) is 0. The second-order valence-corrected chi connectivity index (χ2v) is 6.00. The van der Waals surface area contributed by atoms with Crippen LogP contribution < -0.4 is 18.9 Å². The smallest absolute Gasteiger partial charge is 0.416 e. The van der Waals surface area contributed by atoms with E-state index in [0.717, 1.165) is 23.1 Å². The minimum Gasteiger partial charge on any atom is -0.493 e. The van der Waals surface area contributed by atoms with Gasteiger partial charge in [-0.05, 0) is 35.7 Å². The third-order valence-electron chi connectivity index (χ3n) is 4.82. The molecule has 0 saturated heterocycles. The predicted octanol–water partition coefficient (Wildman–Crippen LogP) is 3.17. The summed E-state index contributed by atoms with van der Waals surface area (Å²) in [6.07, 6.45) is 0.378. The highest BCUT2D eigenvalue weighted by Crippen LogP contribution is 2.48. The van der Waals surface area contributed by atoms with Crippen LogP contribution in [0.2, 0.25) is 0 Å². The summed E-state index contributed by atoms with van der Waals surface area (Å²) in [7, 11) is 4.80. The van der Waals surface area contributed by atoms with Crippen molar-refractivity contribution in [1.29, 1.82) is 0 Å². The molecule has 2 aliphatic rings. The summed E-state index contributed by atoms with van der Waals surface area (Å²) in [5, 5.41) is 0. The van der Waals surface area contributed by atoms with Crippen LogP contribution in [-0.4, -0.2) is 38.9 Å². The van der Waals surface area contributed by atoms with Crippen molar-refractivity contribution in [3.63, 3.8) is 0 Å². The molecule has 6 heteroatoms. The van der Waals surface area contributed by atoms with E-state index < -0.39 is 0 Å². The van der Waals surface area contributed by atoms with Crippen LogP contribution in [0.5, 0.6) is 23.0 Å². The van der Waals surface area contributed by atoms with Crippen LogP contribution in [0.25, 0.3) is 0 Å². The fourth-order valence-electron chi connectivity index (χ4n) is 3.64. The van der Waals surface area contributed by atoms with Crippen LogP contribution in [0.4, 0.5) is 4.79 Å². The average molecular weight is 341 g/mol. The van der Waals surface area contributed by atoms with E-state index in [9.17, 15) is 4.79 Å². The molecule has 0 fully saturated rings. The Morgan fingerprint density at radius 3 is 2.44 bits per heavy atom. The number of methoxy groups -OCH3 is 3. The maximum absolute atomic E-state index is 12.5. The number of benzene rings is 2. The molecule has 0 aromatic heterocycles. The first-order chi connectivity index (χ1) is 12.2. The lowest BCUT2D eigenvalue weighted by Gasteiger charge is -2.41. The van der Waals surface area contributed by atoms with Gasteiger partial charge in [-0.25, -0.2) is 4.79 Å². The van der Waals surface area contributed by atoms with Crippen LogP contribution in [-0.2, 0) is 6.42 Å². The third-order valence-corrected chi connectivity index (χ3v) is 4.82. The van der Waals surface area contributed by atoms with E-state index in [2.05, 4.69) is 0 Å². The normalized spacial score (nSPS) is 17.8. The molecule has 0 N–H and O–H groups in total. The zero-order chi connectivity index (χ0) is 17.6. The van der Waals surface area contributed by atoms with Gasteiger partial charge in [-0.1, -0.05) is 12.1 Å². The molecule has 1 amide bonds. The summed E-state index contributed by atoms with van der Waals surface area (Å²) in [4.78, 5) is 14.3. The molecule has 4 rings (SSSR count). The molecule has 1 unspecified atom stereocenters. The number of ether oxygens (including phenoxy) is 4. The SMILES string of the molecule is COc1cc2c(cc1OC)C1c3cccc(OC)c3OC(=O)N1CC2. The minimum atomic E-state index is -0.359. The Bertz CT molecular complexity index is 848. The molecule has 25 heavy (non-hydrogen) atoms. The van der Waals surface area contributed by atoms with E-state index in [1.807, 2.05) is 24.3 Å². The van der Waals surface area contributed by atoms with Gasteiger partial charge in [0.15, 0.2) is 23.0 Å². The largest absolute Gasteiger partial charge is 0.493 e. The van der Waals surface area contributed by atoms with Crippen LogP contribution in [0.3, 0.4) is 0 Å². The Hall–Kier alpha value is -2.89. The maximum atomic E-state index is 12.5. The molecule has 0 saturated carbocycles. The lowest BCUT2D eigenvalue weighted by Crippen LogP contribution is -2.45. The molecular formula is C19H19NO5. The van der Waals surface area contributed by atoms with Crippen molar-refractivity contribution < 1.29 is 23.7 Å². The topological polar surface area (TPSA) is 57.2 Å². The van der Waals surface area contributed by atoms with E-state index in [0.29, 0.717) is 29.5 Å². The summed E-state index contributed by atoms with van der Waals surface area (Å²) < 4.78 is 21.8.